The number of fused-ring (bicyclic) bond motifs is 1. The first-order valence-electron chi connectivity index (χ1n) is 11.2. The summed E-state index contributed by atoms with van der Waals surface area (Å²) in [6.45, 7) is 5.19. The van der Waals surface area contributed by atoms with E-state index in [1.807, 2.05) is 32.3 Å². The molecule has 0 saturated heterocycles. The predicted octanol–water partition coefficient (Wildman–Crippen LogP) is 1.98. The summed E-state index contributed by atoms with van der Waals surface area (Å²) in [5, 5.41) is 9.77. The van der Waals surface area contributed by atoms with Gasteiger partial charge in [0.25, 0.3) is 0 Å². The summed E-state index contributed by atoms with van der Waals surface area (Å²) in [4.78, 5) is 6.39. The molecular formula is C25H33N3O5S. The van der Waals surface area contributed by atoms with Gasteiger partial charge < -0.3 is 14.6 Å². The molecule has 0 saturated carbocycles. The van der Waals surface area contributed by atoms with Crippen molar-refractivity contribution in [3.63, 3.8) is 0 Å². The fraction of sp³-hybridized carbons (Fsp3) is 0.480. The molecule has 2 aromatic rings. The minimum Gasteiger partial charge on any atom is -0.487 e. The molecular weight excluding hydrogens is 454 g/mol. The largest absolute Gasteiger partial charge is 0.487 e. The molecule has 9 heteroatoms. The van der Waals surface area contributed by atoms with E-state index >= 15 is 0 Å². The lowest BCUT2D eigenvalue weighted by Crippen LogP contribution is -2.49. The molecule has 0 unspecified atom stereocenters. The van der Waals surface area contributed by atoms with Crippen molar-refractivity contribution in [2.75, 3.05) is 40.5 Å². The van der Waals surface area contributed by atoms with Gasteiger partial charge in [0, 0.05) is 56.7 Å². The maximum absolute atomic E-state index is 13.5. The van der Waals surface area contributed by atoms with E-state index in [0.717, 1.165) is 5.56 Å². The third-order valence-corrected chi connectivity index (χ3v) is 7.80. The van der Waals surface area contributed by atoms with Gasteiger partial charge in [-0.1, -0.05) is 24.8 Å². The number of rotatable bonds is 7. The van der Waals surface area contributed by atoms with Gasteiger partial charge in [0.1, 0.15) is 23.4 Å². The second-order valence-corrected chi connectivity index (χ2v) is 10.6. The average molecular weight is 488 g/mol. The first-order valence-corrected chi connectivity index (χ1v) is 12.7. The lowest BCUT2D eigenvalue weighted by atomic mass is 10.0. The van der Waals surface area contributed by atoms with E-state index in [1.165, 1.54) is 10.4 Å². The highest BCUT2D eigenvalue weighted by Gasteiger charge is 2.38. The zero-order valence-electron chi connectivity index (χ0n) is 20.1. The topological polar surface area (TPSA) is 92.2 Å². The Morgan fingerprint density at radius 1 is 1.38 bits per heavy atom. The summed E-state index contributed by atoms with van der Waals surface area (Å²) >= 11 is 0. The van der Waals surface area contributed by atoms with Gasteiger partial charge in [-0.25, -0.2) is 8.42 Å². The van der Waals surface area contributed by atoms with Crippen molar-refractivity contribution >= 4 is 10.0 Å². The molecule has 1 aliphatic rings. The van der Waals surface area contributed by atoms with Crippen LogP contribution in [-0.4, -0.2) is 80.3 Å². The van der Waals surface area contributed by atoms with E-state index in [-0.39, 0.29) is 42.4 Å². The van der Waals surface area contributed by atoms with Crippen LogP contribution in [-0.2, 0) is 21.3 Å². The van der Waals surface area contributed by atoms with Crippen LogP contribution in [0.3, 0.4) is 0 Å². The van der Waals surface area contributed by atoms with Crippen LogP contribution in [0.5, 0.6) is 5.75 Å². The van der Waals surface area contributed by atoms with Crippen LogP contribution in [0.4, 0.5) is 0 Å². The Balaban J connectivity index is 1.97. The number of benzene rings is 1. The van der Waals surface area contributed by atoms with E-state index in [0.29, 0.717) is 18.7 Å². The number of nitrogens with zero attached hydrogens (tertiary/aromatic N) is 3. The molecule has 1 aromatic carbocycles. The van der Waals surface area contributed by atoms with Crippen molar-refractivity contribution in [1.29, 1.82) is 0 Å². The van der Waals surface area contributed by atoms with Crippen molar-refractivity contribution in [2.45, 2.75) is 37.4 Å². The van der Waals surface area contributed by atoms with E-state index in [2.05, 4.69) is 21.7 Å². The number of hydrogen-bond acceptors (Lipinski definition) is 7. The van der Waals surface area contributed by atoms with Crippen molar-refractivity contribution in [3.8, 4) is 17.6 Å². The van der Waals surface area contributed by atoms with Gasteiger partial charge in [-0.15, -0.1) is 0 Å². The van der Waals surface area contributed by atoms with Crippen LogP contribution >= 0.6 is 0 Å². The Labute approximate surface area is 202 Å². The molecule has 0 spiro atoms. The second-order valence-electron chi connectivity index (χ2n) is 8.69. The number of pyridine rings is 1. The van der Waals surface area contributed by atoms with Gasteiger partial charge in [-0.2, -0.15) is 4.31 Å². The zero-order valence-corrected chi connectivity index (χ0v) is 21.0. The summed E-state index contributed by atoms with van der Waals surface area (Å²) in [5.41, 5.74) is 1.72. The van der Waals surface area contributed by atoms with Crippen molar-refractivity contribution in [3.05, 3.63) is 53.9 Å². The molecule has 0 amide bonds. The average Bonchev–Trinajstić information content (AvgIpc) is 2.81. The van der Waals surface area contributed by atoms with Gasteiger partial charge >= 0.3 is 0 Å². The molecule has 0 radical (unpaired) electrons. The number of methoxy groups -OCH3 is 1. The molecule has 2 heterocycles. The Morgan fingerprint density at radius 2 is 2.18 bits per heavy atom. The molecule has 3 atom stereocenters. The van der Waals surface area contributed by atoms with Crippen LogP contribution in [0.25, 0.3) is 0 Å². The number of hydrogen-bond donors (Lipinski definition) is 1. The quantitative estimate of drug-likeness (QED) is 0.597. The van der Waals surface area contributed by atoms with Crippen LogP contribution < -0.4 is 4.74 Å². The number of aliphatic hydroxyl groups is 1. The predicted molar refractivity (Wildman–Crippen MR) is 130 cm³/mol. The monoisotopic (exact) mass is 487 g/mol. The highest BCUT2D eigenvalue weighted by Crippen LogP contribution is 2.34. The number of sulfonamides is 1. The minimum atomic E-state index is -3.88. The third-order valence-electron chi connectivity index (χ3n) is 5.78. The van der Waals surface area contributed by atoms with E-state index < -0.39 is 16.1 Å². The van der Waals surface area contributed by atoms with Crippen molar-refractivity contribution in [2.24, 2.45) is 5.92 Å². The molecule has 1 N–H and O–H groups in total. The summed E-state index contributed by atoms with van der Waals surface area (Å²) in [6, 6.07) is 8.23. The first-order chi connectivity index (χ1) is 16.3. The molecule has 1 aliphatic heterocycles. The summed E-state index contributed by atoms with van der Waals surface area (Å²) in [6.07, 6.45) is 3.29. The SMILES string of the molecule is COCC#Cc1ccc2c(c1)O[C@H](CN(C)Cc1cccnc1)[C@@H](C)CN([C@H](C)CO)S2(=O)=O. The van der Waals surface area contributed by atoms with Crippen molar-refractivity contribution < 1.29 is 23.0 Å². The molecule has 34 heavy (non-hydrogen) atoms. The van der Waals surface area contributed by atoms with Crippen LogP contribution in [0.15, 0.2) is 47.6 Å². The van der Waals surface area contributed by atoms with E-state index in [4.69, 9.17) is 9.47 Å². The van der Waals surface area contributed by atoms with Gasteiger partial charge in [-0.05, 0) is 43.8 Å². The molecule has 184 valence electrons. The highest BCUT2D eigenvalue weighted by molar-refractivity contribution is 7.89. The lowest BCUT2D eigenvalue weighted by Gasteiger charge is -2.37. The zero-order chi connectivity index (χ0) is 24.7. The third kappa shape index (κ3) is 6.34. The molecule has 3 rings (SSSR count). The second kappa shape index (κ2) is 11.8. The Hall–Kier alpha value is -2.48. The standard InChI is InChI=1S/C25H33N3O5S/c1-19-15-28(20(2)18-29)34(30,31)25-10-9-21(8-6-12-32-4)13-23(25)33-24(19)17-27(3)16-22-7-5-11-26-14-22/h5,7,9-11,13-14,19-20,24,29H,12,15-18H2,1-4H3/t19-,20+,24+/m0/s1. The molecule has 0 bridgehead atoms. The number of likely N-dealkylation sites (N-methyl/N-ethyl adjacent to an activating group) is 1. The molecule has 0 fully saturated rings. The van der Waals surface area contributed by atoms with E-state index in [9.17, 15) is 13.5 Å². The summed E-state index contributed by atoms with van der Waals surface area (Å²) in [7, 11) is -0.310. The number of aromatic nitrogens is 1. The van der Waals surface area contributed by atoms with Gasteiger partial charge in [0.15, 0.2) is 0 Å². The Morgan fingerprint density at radius 3 is 2.85 bits per heavy atom. The van der Waals surface area contributed by atoms with Crippen LogP contribution in [0, 0.1) is 17.8 Å². The van der Waals surface area contributed by atoms with Crippen LogP contribution in [0.2, 0.25) is 0 Å². The molecule has 1 aromatic heterocycles. The highest BCUT2D eigenvalue weighted by atomic mass is 32.2. The smallest absolute Gasteiger partial charge is 0.247 e. The fourth-order valence-corrected chi connectivity index (χ4v) is 5.73. The normalized spacial score (nSPS) is 20.9. The van der Waals surface area contributed by atoms with Crippen molar-refractivity contribution in [1.82, 2.24) is 14.2 Å². The summed E-state index contributed by atoms with van der Waals surface area (Å²) < 4.78 is 39.8. The molecule has 0 aliphatic carbocycles. The maximum Gasteiger partial charge on any atom is 0.247 e. The number of ether oxygens (including phenoxy) is 2. The lowest BCUT2D eigenvalue weighted by molar-refractivity contribution is 0.0733. The Bertz CT molecular complexity index is 1110. The van der Waals surface area contributed by atoms with E-state index in [1.54, 1.807) is 32.4 Å². The summed E-state index contributed by atoms with van der Waals surface area (Å²) in [5.74, 6) is 6.01. The van der Waals surface area contributed by atoms with Gasteiger partial charge in [0.05, 0.1) is 6.61 Å². The number of aliphatic hydroxyl groups excluding tert-OH is 1. The van der Waals surface area contributed by atoms with Crippen LogP contribution in [0.1, 0.15) is 25.0 Å². The van der Waals surface area contributed by atoms with Gasteiger partial charge in [-0.3, -0.25) is 9.88 Å². The first kappa shape index (κ1) is 26.1. The fourth-order valence-electron chi connectivity index (χ4n) is 3.91. The maximum atomic E-state index is 13.5. The minimum absolute atomic E-state index is 0.0805. The molecule has 8 nitrogen and oxygen atoms in total. The Kier molecular flexibility index (Phi) is 9.05. The van der Waals surface area contributed by atoms with Gasteiger partial charge in [0.2, 0.25) is 10.0 Å².